The van der Waals surface area contributed by atoms with Crippen LogP contribution in [0, 0.1) is 10.1 Å². The number of carbonyl (C=O) groups excluding carboxylic acids is 1. The number of nitrogens with zero attached hydrogens (tertiary/aromatic N) is 5. The number of thiazole rings is 1. The molecule has 3 rings (SSSR count). The van der Waals surface area contributed by atoms with Gasteiger partial charge in [0.15, 0.2) is 10.5 Å². The Labute approximate surface area is 147 Å². The Morgan fingerprint density at radius 2 is 2.16 bits per heavy atom. The number of carbonyl (C=O) groups is 1. The van der Waals surface area contributed by atoms with Crippen molar-refractivity contribution < 1.29 is 9.72 Å². The Morgan fingerprint density at radius 3 is 2.76 bits per heavy atom. The molecule has 0 spiro atoms. The van der Waals surface area contributed by atoms with Crippen LogP contribution >= 0.6 is 11.3 Å². The molecule has 1 aromatic carbocycles. The van der Waals surface area contributed by atoms with Gasteiger partial charge in [-0.15, -0.1) is 0 Å². The molecule has 2 heterocycles. The molecular formula is C16H17N5O3S. The topological polar surface area (TPSA) is 95.3 Å². The first-order valence-corrected chi connectivity index (χ1v) is 8.64. The second kappa shape index (κ2) is 6.60. The largest absolute Gasteiger partial charge is 0.317 e. The van der Waals surface area contributed by atoms with Crippen LogP contribution in [-0.2, 0) is 6.54 Å². The second-order valence-corrected chi connectivity index (χ2v) is 6.74. The zero-order valence-electron chi connectivity index (χ0n) is 14.0. The zero-order chi connectivity index (χ0) is 18.1. The van der Waals surface area contributed by atoms with Crippen molar-refractivity contribution in [2.45, 2.75) is 33.4 Å². The maximum atomic E-state index is 12.4. The third-order valence-corrected chi connectivity index (χ3v) is 4.79. The van der Waals surface area contributed by atoms with Crippen molar-refractivity contribution in [1.29, 1.82) is 0 Å². The van der Waals surface area contributed by atoms with Gasteiger partial charge < -0.3 is 4.57 Å². The predicted molar refractivity (Wildman–Crippen MR) is 94.6 cm³/mol. The fourth-order valence-corrected chi connectivity index (χ4v) is 3.58. The van der Waals surface area contributed by atoms with Gasteiger partial charge in [0, 0.05) is 30.9 Å². The van der Waals surface area contributed by atoms with Crippen LogP contribution in [0.4, 0.5) is 5.69 Å². The standard InChI is InChI=1S/C16H17N5O3S/c1-4-19-13-6-5-11(21(23)24)9-14(13)25-16(19)17-15(22)12-7-8-20(18-12)10(2)3/h5-10H,4H2,1-3H3. The molecule has 0 aliphatic rings. The van der Waals surface area contributed by atoms with Crippen molar-refractivity contribution in [2.24, 2.45) is 4.99 Å². The summed E-state index contributed by atoms with van der Waals surface area (Å²) in [4.78, 5) is 27.6. The van der Waals surface area contributed by atoms with Gasteiger partial charge in [-0.1, -0.05) is 11.3 Å². The van der Waals surface area contributed by atoms with Gasteiger partial charge in [-0.2, -0.15) is 10.1 Å². The molecule has 25 heavy (non-hydrogen) atoms. The number of nitro benzene ring substituents is 1. The number of fused-ring (bicyclic) bond motifs is 1. The molecule has 9 heteroatoms. The van der Waals surface area contributed by atoms with Crippen molar-refractivity contribution in [2.75, 3.05) is 0 Å². The summed E-state index contributed by atoms with van der Waals surface area (Å²) in [6, 6.07) is 6.44. The van der Waals surface area contributed by atoms with Crippen LogP contribution in [0.15, 0.2) is 35.5 Å². The van der Waals surface area contributed by atoms with Crippen LogP contribution in [0.5, 0.6) is 0 Å². The predicted octanol–water partition coefficient (Wildman–Crippen LogP) is 3.15. The number of rotatable bonds is 4. The minimum Gasteiger partial charge on any atom is -0.317 e. The highest BCUT2D eigenvalue weighted by Crippen LogP contribution is 2.23. The van der Waals surface area contributed by atoms with E-state index in [1.807, 2.05) is 25.3 Å². The highest BCUT2D eigenvalue weighted by molar-refractivity contribution is 7.16. The first kappa shape index (κ1) is 17.0. The lowest BCUT2D eigenvalue weighted by atomic mass is 10.3. The summed E-state index contributed by atoms with van der Waals surface area (Å²) in [5.74, 6) is -0.428. The average Bonchev–Trinajstić information content (AvgIpc) is 3.18. The monoisotopic (exact) mass is 359 g/mol. The maximum Gasteiger partial charge on any atom is 0.300 e. The molecule has 0 aliphatic heterocycles. The maximum absolute atomic E-state index is 12.4. The van der Waals surface area contributed by atoms with Gasteiger partial charge in [0.2, 0.25) is 0 Å². The van der Waals surface area contributed by atoms with Crippen molar-refractivity contribution in [3.63, 3.8) is 0 Å². The second-order valence-electron chi connectivity index (χ2n) is 5.73. The van der Waals surface area contributed by atoms with E-state index in [-0.39, 0.29) is 17.4 Å². The lowest BCUT2D eigenvalue weighted by Gasteiger charge is -2.02. The summed E-state index contributed by atoms with van der Waals surface area (Å²) in [6.45, 7) is 6.49. The first-order valence-electron chi connectivity index (χ1n) is 7.82. The van der Waals surface area contributed by atoms with Gasteiger partial charge in [-0.05, 0) is 32.9 Å². The van der Waals surface area contributed by atoms with Crippen LogP contribution in [0.1, 0.15) is 37.3 Å². The molecule has 0 bridgehead atoms. The molecule has 0 unspecified atom stereocenters. The van der Waals surface area contributed by atoms with E-state index >= 15 is 0 Å². The number of benzene rings is 1. The fraction of sp³-hybridized carbons (Fsp3) is 0.312. The summed E-state index contributed by atoms with van der Waals surface area (Å²) >= 11 is 1.25. The minimum atomic E-state index is -0.435. The van der Waals surface area contributed by atoms with E-state index < -0.39 is 10.8 Å². The van der Waals surface area contributed by atoms with Crippen LogP contribution in [-0.4, -0.2) is 25.2 Å². The van der Waals surface area contributed by atoms with E-state index in [4.69, 9.17) is 0 Å². The number of nitro groups is 1. The number of aromatic nitrogens is 3. The molecule has 0 fully saturated rings. The van der Waals surface area contributed by atoms with E-state index in [2.05, 4.69) is 10.1 Å². The molecule has 0 saturated heterocycles. The smallest absolute Gasteiger partial charge is 0.300 e. The Kier molecular flexibility index (Phi) is 4.49. The van der Waals surface area contributed by atoms with Gasteiger partial charge in [-0.25, -0.2) is 0 Å². The van der Waals surface area contributed by atoms with Crippen molar-refractivity contribution in [3.05, 3.63) is 51.1 Å². The normalized spacial score (nSPS) is 12.2. The van der Waals surface area contributed by atoms with Crippen molar-refractivity contribution >= 4 is 33.1 Å². The summed E-state index contributed by atoms with van der Waals surface area (Å²) < 4.78 is 4.28. The molecule has 130 valence electrons. The van der Waals surface area contributed by atoms with Crippen LogP contribution in [0.25, 0.3) is 10.2 Å². The molecule has 8 nitrogen and oxygen atoms in total. The fourth-order valence-electron chi connectivity index (χ4n) is 2.45. The lowest BCUT2D eigenvalue weighted by molar-refractivity contribution is -0.384. The minimum absolute atomic E-state index is 0.0190. The molecule has 0 radical (unpaired) electrons. The van der Waals surface area contributed by atoms with Gasteiger partial charge in [0.05, 0.1) is 15.1 Å². The van der Waals surface area contributed by atoms with Gasteiger partial charge in [0.1, 0.15) is 0 Å². The van der Waals surface area contributed by atoms with E-state index in [1.165, 1.54) is 23.5 Å². The Hall–Kier alpha value is -2.81. The Bertz CT molecular complexity index is 1030. The zero-order valence-corrected chi connectivity index (χ0v) is 14.9. The van der Waals surface area contributed by atoms with E-state index in [9.17, 15) is 14.9 Å². The molecule has 2 aromatic heterocycles. The molecular weight excluding hydrogens is 342 g/mol. The van der Waals surface area contributed by atoms with Crippen LogP contribution in [0.3, 0.4) is 0 Å². The molecule has 1 amide bonds. The number of aryl methyl sites for hydroxylation is 1. The quantitative estimate of drug-likeness (QED) is 0.528. The number of hydrogen-bond acceptors (Lipinski definition) is 5. The average molecular weight is 359 g/mol. The molecule has 0 saturated carbocycles. The number of hydrogen-bond donors (Lipinski definition) is 0. The molecule has 3 aromatic rings. The van der Waals surface area contributed by atoms with Crippen LogP contribution < -0.4 is 4.80 Å². The van der Waals surface area contributed by atoms with Gasteiger partial charge >= 0.3 is 0 Å². The van der Waals surface area contributed by atoms with E-state index in [1.54, 1.807) is 23.0 Å². The Balaban J connectivity index is 2.08. The molecule has 0 N–H and O–H groups in total. The number of amides is 1. The number of non-ortho nitro benzene ring substituents is 1. The van der Waals surface area contributed by atoms with Crippen LogP contribution in [0.2, 0.25) is 0 Å². The van der Waals surface area contributed by atoms with Gasteiger partial charge in [-0.3, -0.25) is 19.6 Å². The SMILES string of the molecule is CCn1c(=NC(=O)c2ccn(C(C)C)n2)sc2cc([N+](=O)[O-])ccc21. The lowest BCUT2D eigenvalue weighted by Crippen LogP contribution is -2.16. The van der Waals surface area contributed by atoms with E-state index in [0.29, 0.717) is 11.3 Å². The summed E-state index contributed by atoms with van der Waals surface area (Å²) in [5, 5.41) is 15.2. The summed E-state index contributed by atoms with van der Waals surface area (Å²) in [6.07, 6.45) is 1.75. The highest BCUT2D eigenvalue weighted by Gasteiger charge is 2.14. The van der Waals surface area contributed by atoms with Gasteiger partial charge in [0.25, 0.3) is 11.6 Å². The third-order valence-electron chi connectivity index (χ3n) is 3.75. The summed E-state index contributed by atoms with van der Waals surface area (Å²) in [5.41, 5.74) is 1.11. The first-order chi connectivity index (χ1) is 11.9. The molecule has 0 atom stereocenters. The molecule has 0 aliphatic carbocycles. The van der Waals surface area contributed by atoms with Crippen molar-refractivity contribution in [3.8, 4) is 0 Å². The summed E-state index contributed by atoms with van der Waals surface area (Å²) in [7, 11) is 0. The highest BCUT2D eigenvalue weighted by atomic mass is 32.1. The van der Waals surface area contributed by atoms with E-state index in [0.717, 1.165) is 10.2 Å². The Morgan fingerprint density at radius 1 is 1.40 bits per heavy atom. The van der Waals surface area contributed by atoms with Crippen molar-refractivity contribution in [1.82, 2.24) is 14.3 Å². The third kappa shape index (κ3) is 3.22.